The van der Waals surface area contributed by atoms with Crippen molar-refractivity contribution >= 4 is 5.97 Å². The molecule has 4 nitrogen and oxygen atoms in total. The van der Waals surface area contributed by atoms with Crippen molar-refractivity contribution in [2.24, 2.45) is 0 Å². The fourth-order valence-electron chi connectivity index (χ4n) is 1.85. The molecule has 0 amide bonds. The molecule has 0 aromatic carbocycles. The molecular formula is C12H22N2O2. The lowest BCUT2D eigenvalue weighted by molar-refractivity contribution is -0.132. The molecule has 4 heteroatoms. The van der Waals surface area contributed by atoms with Crippen molar-refractivity contribution in [3.05, 3.63) is 11.6 Å². The summed E-state index contributed by atoms with van der Waals surface area (Å²) in [6.07, 6.45) is 5.54. The number of likely N-dealkylation sites (tertiary alicyclic amines) is 1. The number of carboxylic acids is 1. The number of carboxylic acid groups (broad SMARTS) is 1. The molecule has 0 bridgehead atoms. The second-order valence-corrected chi connectivity index (χ2v) is 4.30. The van der Waals surface area contributed by atoms with Crippen molar-refractivity contribution in [3.63, 3.8) is 0 Å². The van der Waals surface area contributed by atoms with Crippen LogP contribution in [0.1, 0.15) is 26.2 Å². The van der Waals surface area contributed by atoms with Gasteiger partial charge in [0.2, 0.25) is 0 Å². The van der Waals surface area contributed by atoms with Crippen molar-refractivity contribution in [2.75, 3.05) is 32.7 Å². The molecule has 1 aliphatic heterocycles. The molecule has 0 aromatic heterocycles. The molecule has 0 spiro atoms. The highest BCUT2D eigenvalue weighted by atomic mass is 16.4. The normalized spacial score (nSPS) is 17.9. The van der Waals surface area contributed by atoms with Gasteiger partial charge in [0, 0.05) is 12.1 Å². The number of carbonyl (C=O) groups is 1. The lowest BCUT2D eigenvalue weighted by Gasteiger charge is -2.13. The summed E-state index contributed by atoms with van der Waals surface area (Å²) in [4.78, 5) is 13.0. The summed E-state index contributed by atoms with van der Waals surface area (Å²) >= 11 is 0. The number of nitrogens with zero attached hydrogens (tertiary/aromatic N) is 1. The Morgan fingerprint density at radius 1 is 1.44 bits per heavy atom. The maximum absolute atomic E-state index is 10.5. The summed E-state index contributed by atoms with van der Waals surface area (Å²) in [6.45, 7) is 6.89. The van der Waals surface area contributed by atoms with Crippen LogP contribution in [0.3, 0.4) is 0 Å². The summed E-state index contributed by atoms with van der Waals surface area (Å²) in [5.41, 5.74) is 0.409. The first-order valence-corrected chi connectivity index (χ1v) is 6.03. The molecule has 2 N–H and O–H groups in total. The van der Waals surface area contributed by atoms with E-state index < -0.39 is 5.97 Å². The minimum absolute atomic E-state index is 0.409. The van der Waals surface area contributed by atoms with Gasteiger partial charge < -0.3 is 15.3 Å². The second kappa shape index (κ2) is 7.41. The van der Waals surface area contributed by atoms with Crippen molar-refractivity contribution in [3.8, 4) is 0 Å². The molecule has 0 aliphatic carbocycles. The Kier molecular flexibility index (Phi) is 6.11. The van der Waals surface area contributed by atoms with E-state index in [0.717, 1.165) is 19.5 Å². The van der Waals surface area contributed by atoms with Crippen LogP contribution in [0.15, 0.2) is 11.6 Å². The predicted octanol–water partition coefficient (Wildman–Crippen LogP) is 1.09. The van der Waals surface area contributed by atoms with Crippen molar-refractivity contribution in [1.29, 1.82) is 0 Å². The molecule has 0 radical (unpaired) electrons. The van der Waals surface area contributed by atoms with Crippen molar-refractivity contribution < 1.29 is 9.90 Å². The first kappa shape index (κ1) is 13.2. The van der Waals surface area contributed by atoms with Crippen molar-refractivity contribution in [2.45, 2.75) is 26.2 Å². The van der Waals surface area contributed by atoms with Gasteiger partial charge in [-0.3, -0.25) is 0 Å². The molecule has 92 valence electrons. The van der Waals surface area contributed by atoms with Crippen LogP contribution >= 0.6 is 0 Å². The minimum atomic E-state index is -0.834. The minimum Gasteiger partial charge on any atom is -0.478 e. The second-order valence-electron chi connectivity index (χ2n) is 4.30. The van der Waals surface area contributed by atoms with E-state index in [1.807, 2.05) is 0 Å². The number of hydrogen-bond acceptors (Lipinski definition) is 3. The first-order chi connectivity index (χ1) is 7.70. The van der Waals surface area contributed by atoms with E-state index in [-0.39, 0.29) is 0 Å². The van der Waals surface area contributed by atoms with Crippen LogP contribution in [0.4, 0.5) is 0 Å². The van der Waals surface area contributed by atoms with E-state index in [0.29, 0.717) is 12.1 Å². The first-order valence-electron chi connectivity index (χ1n) is 6.03. The van der Waals surface area contributed by atoms with Crippen LogP contribution in [0, 0.1) is 0 Å². The van der Waals surface area contributed by atoms with Gasteiger partial charge in [-0.15, -0.1) is 0 Å². The lowest BCUT2D eigenvalue weighted by Crippen LogP contribution is -2.25. The Labute approximate surface area is 97.3 Å². The zero-order valence-corrected chi connectivity index (χ0v) is 10.0. The third-order valence-corrected chi connectivity index (χ3v) is 2.92. The molecular weight excluding hydrogens is 204 g/mol. The van der Waals surface area contributed by atoms with Crippen LogP contribution in [0.2, 0.25) is 0 Å². The van der Waals surface area contributed by atoms with Crippen LogP contribution in [0.25, 0.3) is 0 Å². The zero-order valence-electron chi connectivity index (χ0n) is 10.0. The predicted molar refractivity (Wildman–Crippen MR) is 64.6 cm³/mol. The number of aliphatic carboxylic acids is 1. The van der Waals surface area contributed by atoms with Gasteiger partial charge in [0.25, 0.3) is 0 Å². The fourth-order valence-corrected chi connectivity index (χ4v) is 1.85. The molecule has 1 saturated heterocycles. The van der Waals surface area contributed by atoms with Gasteiger partial charge in [0.05, 0.1) is 0 Å². The zero-order chi connectivity index (χ0) is 11.8. The van der Waals surface area contributed by atoms with Gasteiger partial charge in [-0.2, -0.15) is 0 Å². The highest BCUT2D eigenvalue weighted by Gasteiger charge is 2.09. The summed E-state index contributed by atoms with van der Waals surface area (Å²) in [5, 5.41) is 11.9. The Morgan fingerprint density at radius 3 is 2.75 bits per heavy atom. The van der Waals surface area contributed by atoms with E-state index in [2.05, 4.69) is 10.2 Å². The quantitative estimate of drug-likeness (QED) is 0.504. The van der Waals surface area contributed by atoms with E-state index in [4.69, 9.17) is 5.11 Å². The maximum Gasteiger partial charge on any atom is 0.330 e. The molecule has 0 aromatic rings. The molecule has 1 rings (SSSR count). The molecule has 1 heterocycles. The number of hydrogen-bond donors (Lipinski definition) is 2. The SMILES string of the molecule is CC(=CCNCCCN1CCCC1)C(=O)O. The van der Waals surface area contributed by atoms with Crippen LogP contribution < -0.4 is 5.32 Å². The van der Waals surface area contributed by atoms with Crippen molar-refractivity contribution in [1.82, 2.24) is 10.2 Å². The average molecular weight is 226 g/mol. The standard InChI is InChI=1S/C12H22N2O2/c1-11(12(15)16)5-7-13-6-4-10-14-8-2-3-9-14/h5,13H,2-4,6-10H2,1H3,(H,15,16). The highest BCUT2D eigenvalue weighted by Crippen LogP contribution is 2.06. The van der Waals surface area contributed by atoms with Gasteiger partial charge in [-0.05, 0) is 52.4 Å². The van der Waals surface area contributed by atoms with E-state index in [9.17, 15) is 4.79 Å². The summed E-state index contributed by atoms with van der Waals surface area (Å²) in [6, 6.07) is 0. The molecule has 1 aliphatic rings. The van der Waals surface area contributed by atoms with E-state index >= 15 is 0 Å². The van der Waals surface area contributed by atoms with Crippen LogP contribution in [0.5, 0.6) is 0 Å². The van der Waals surface area contributed by atoms with Gasteiger partial charge in [-0.25, -0.2) is 4.79 Å². The largest absolute Gasteiger partial charge is 0.478 e. The third kappa shape index (κ3) is 5.28. The van der Waals surface area contributed by atoms with Gasteiger partial charge in [0.1, 0.15) is 0 Å². The molecule has 16 heavy (non-hydrogen) atoms. The summed E-state index contributed by atoms with van der Waals surface area (Å²) < 4.78 is 0. The summed E-state index contributed by atoms with van der Waals surface area (Å²) in [5.74, 6) is -0.834. The van der Waals surface area contributed by atoms with Gasteiger partial charge >= 0.3 is 5.97 Å². The van der Waals surface area contributed by atoms with Gasteiger partial charge in [-0.1, -0.05) is 6.08 Å². The Bertz CT molecular complexity index is 245. The van der Waals surface area contributed by atoms with Crippen LogP contribution in [-0.2, 0) is 4.79 Å². The monoisotopic (exact) mass is 226 g/mol. The smallest absolute Gasteiger partial charge is 0.330 e. The van der Waals surface area contributed by atoms with Crippen LogP contribution in [-0.4, -0.2) is 48.7 Å². The molecule has 0 unspecified atom stereocenters. The lowest BCUT2D eigenvalue weighted by atomic mass is 10.3. The maximum atomic E-state index is 10.5. The highest BCUT2D eigenvalue weighted by molar-refractivity contribution is 5.85. The van der Waals surface area contributed by atoms with E-state index in [1.165, 1.54) is 25.9 Å². The topological polar surface area (TPSA) is 52.6 Å². The Hall–Kier alpha value is -0.870. The van der Waals surface area contributed by atoms with E-state index in [1.54, 1.807) is 13.0 Å². The van der Waals surface area contributed by atoms with Gasteiger partial charge in [0.15, 0.2) is 0 Å². The molecule has 1 fully saturated rings. The molecule has 0 saturated carbocycles. The number of rotatable bonds is 7. The third-order valence-electron chi connectivity index (χ3n) is 2.92. The fraction of sp³-hybridized carbons (Fsp3) is 0.750. The Morgan fingerprint density at radius 2 is 2.12 bits per heavy atom. The molecule has 0 atom stereocenters. The average Bonchev–Trinajstić information content (AvgIpc) is 2.75. The Balaban J connectivity index is 1.95. The number of nitrogens with one attached hydrogen (secondary N) is 1. The summed E-state index contributed by atoms with van der Waals surface area (Å²) in [7, 11) is 0.